The maximum Gasteiger partial charge on any atom is 0.0566 e. The van der Waals surface area contributed by atoms with Crippen molar-refractivity contribution < 1.29 is 0 Å². The van der Waals surface area contributed by atoms with E-state index >= 15 is 0 Å². The number of benzene rings is 1. The van der Waals surface area contributed by atoms with Crippen LogP contribution in [0.15, 0.2) is 36.7 Å². The van der Waals surface area contributed by atoms with Crippen molar-refractivity contribution in [3.8, 4) is 11.1 Å². The molecule has 16 heavy (non-hydrogen) atoms. The molecule has 1 aromatic heterocycles. The Morgan fingerprint density at radius 1 is 1.19 bits per heavy atom. The summed E-state index contributed by atoms with van der Waals surface area (Å²) in [7, 11) is 0. The summed E-state index contributed by atoms with van der Waals surface area (Å²) in [6.07, 6.45) is 3.74. The van der Waals surface area contributed by atoms with Crippen LogP contribution in [-0.2, 0) is 0 Å². The zero-order valence-electron chi connectivity index (χ0n) is 9.91. The normalized spacial score (nSPS) is 11.4. The van der Waals surface area contributed by atoms with Gasteiger partial charge in [0.15, 0.2) is 0 Å². The van der Waals surface area contributed by atoms with Gasteiger partial charge >= 0.3 is 0 Å². The Bertz CT molecular complexity index is 452. The molecular weight excluding hydrogens is 198 g/mol. The monoisotopic (exact) mass is 215 g/mol. The van der Waals surface area contributed by atoms with E-state index in [1.165, 1.54) is 5.56 Å². The molecule has 0 aliphatic rings. The summed E-state index contributed by atoms with van der Waals surface area (Å²) in [6, 6.07) is 8.26. The van der Waals surface area contributed by atoms with Gasteiger partial charge in [-0.3, -0.25) is 5.10 Å². The highest BCUT2D eigenvalue weighted by Gasteiger charge is 2.12. The molecular formula is C13H17N3. The zero-order valence-corrected chi connectivity index (χ0v) is 9.91. The molecule has 2 N–H and O–H groups in total. The molecule has 3 heteroatoms. The van der Waals surface area contributed by atoms with Crippen LogP contribution in [0.5, 0.6) is 0 Å². The summed E-state index contributed by atoms with van der Waals surface area (Å²) in [4.78, 5) is 0. The summed E-state index contributed by atoms with van der Waals surface area (Å²) in [5, 5.41) is 10.3. The molecule has 0 saturated heterocycles. The van der Waals surface area contributed by atoms with Crippen LogP contribution in [0.2, 0.25) is 0 Å². The second-order valence-corrected chi connectivity index (χ2v) is 4.91. The molecule has 0 aliphatic carbocycles. The number of nitrogens with zero attached hydrogens (tertiary/aromatic N) is 1. The second kappa shape index (κ2) is 4.00. The molecule has 0 unspecified atom stereocenters. The highest BCUT2D eigenvalue weighted by Crippen LogP contribution is 2.28. The summed E-state index contributed by atoms with van der Waals surface area (Å²) in [6.45, 7) is 6.46. The van der Waals surface area contributed by atoms with Gasteiger partial charge in [0.1, 0.15) is 0 Å². The molecule has 0 bridgehead atoms. The number of H-pyrrole nitrogens is 1. The summed E-state index contributed by atoms with van der Waals surface area (Å²) < 4.78 is 0. The first kappa shape index (κ1) is 10.7. The minimum atomic E-state index is 0.0554. The molecule has 0 spiro atoms. The molecule has 0 amide bonds. The first-order chi connectivity index (χ1) is 7.56. The standard InChI is InChI=1S/C13H17N3/c1-13(2,3)16-12-7-5-4-6-11(12)10-8-14-15-9-10/h4-9,16H,1-3H3,(H,14,15). The van der Waals surface area contributed by atoms with E-state index in [0.717, 1.165) is 11.3 Å². The summed E-state index contributed by atoms with van der Waals surface area (Å²) in [5.74, 6) is 0. The van der Waals surface area contributed by atoms with Crippen molar-refractivity contribution in [2.45, 2.75) is 26.3 Å². The minimum absolute atomic E-state index is 0.0554. The first-order valence-electron chi connectivity index (χ1n) is 5.43. The molecule has 1 heterocycles. The lowest BCUT2D eigenvalue weighted by molar-refractivity contribution is 0.634. The Kier molecular flexibility index (Phi) is 2.69. The summed E-state index contributed by atoms with van der Waals surface area (Å²) >= 11 is 0. The van der Waals surface area contributed by atoms with Crippen molar-refractivity contribution >= 4 is 5.69 Å². The van der Waals surface area contributed by atoms with Crippen molar-refractivity contribution in [1.29, 1.82) is 0 Å². The Morgan fingerprint density at radius 2 is 1.94 bits per heavy atom. The van der Waals surface area contributed by atoms with Gasteiger partial charge in [-0.15, -0.1) is 0 Å². The molecule has 0 atom stereocenters. The minimum Gasteiger partial charge on any atom is -0.380 e. The lowest BCUT2D eigenvalue weighted by atomic mass is 10.0. The van der Waals surface area contributed by atoms with E-state index in [1.807, 2.05) is 24.5 Å². The van der Waals surface area contributed by atoms with Gasteiger partial charge in [-0.1, -0.05) is 18.2 Å². The average molecular weight is 215 g/mol. The van der Waals surface area contributed by atoms with Crippen LogP contribution in [-0.4, -0.2) is 15.7 Å². The summed E-state index contributed by atoms with van der Waals surface area (Å²) in [5.41, 5.74) is 3.47. The maximum absolute atomic E-state index is 3.98. The van der Waals surface area contributed by atoms with Crippen LogP contribution in [0.25, 0.3) is 11.1 Å². The Balaban J connectivity index is 2.39. The van der Waals surface area contributed by atoms with Gasteiger partial charge in [0.05, 0.1) is 6.20 Å². The van der Waals surface area contributed by atoms with Crippen molar-refractivity contribution in [2.24, 2.45) is 0 Å². The number of para-hydroxylation sites is 1. The SMILES string of the molecule is CC(C)(C)Nc1ccccc1-c1cn[nH]c1. The van der Waals surface area contributed by atoms with Gasteiger partial charge in [-0.05, 0) is 26.8 Å². The van der Waals surface area contributed by atoms with Crippen molar-refractivity contribution in [3.63, 3.8) is 0 Å². The highest BCUT2D eigenvalue weighted by atomic mass is 15.1. The van der Waals surface area contributed by atoms with E-state index < -0.39 is 0 Å². The van der Waals surface area contributed by atoms with Crippen molar-refractivity contribution in [2.75, 3.05) is 5.32 Å². The van der Waals surface area contributed by atoms with E-state index in [-0.39, 0.29) is 5.54 Å². The maximum atomic E-state index is 3.98. The molecule has 2 aromatic rings. The van der Waals surface area contributed by atoms with Gasteiger partial charge < -0.3 is 5.32 Å². The van der Waals surface area contributed by atoms with Gasteiger partial charge in [-0.25, -0.2) is 0 Å². The van der Waals surface area contributed by atoms with E-state index in [9.17, 15) is 0 Å². The number of aromatic amines is 1. The third kappa shape index (κ3) is 2.42. The van der Waals surface area contributed by atoms with Crippen LogP contribution >= 0.6 is 0 Å². The second-order valence-electron chi connectivity index (χ2n) is 4.91. The molecule has 0 aliphatic heterocycles. The fourth-order valence-corrected chi connectivity index (χ4v) is 1.65. The van der Waals surface area contributed by atoms with E-state index in [1.54, 1.807) is 0 Å². The average Bonchev–Trinajstić information content (AvgIpc) is 2.69. The number of aromatic nitrogens is 2. The molecule has 0 fully saturated rings. The van der Waals surface area contributed by atoms with Crippen molar-refractivity contribution in [3.05, 3.63) is 36.7 Å². The quantitative estimate of drug-likeness (QED) is 0.807. The number of rotatable bonds is 2. The lowest BCUT2D eigenvalue weighted by Crippen LogP contribution is -2.26. The third-order valence-corrected chi connectivity index (χ3v) is 2.25. The van der Waals surface area contributed by atoms with Crippen LogP contribution in [0, 0.1) is 0 Å². The predicted molar refractivity (Wildman–Crippen MR) is 67.4 cm³/mol. The van der Waals surface area contributed by atoms with E-state index in [0.29, 0.717) is 0 Å². The van der Waals surface area contributed by atoms with Crippen molar-refractivity contribution in [1.82, 2.24) is 10.2 Å². The van der Waals surface area contributed by atoms with Gasteiger partial charge in [0.2, 0.25) is 0 Å². The molecule has 84 valence electrons. The predicted octanol–water partition coefficient (Wildman–Crippen LogP) is 3.29. The van der Waals surface area contributed by atoms with Gasteiger partial charge in [0, 0.05) is 28.6 Å². The number of hydrogen-bond donors (Lipinski definition) is 2. The fraction of sp³-hybridized carbons (Fsp3) is 0.308. The Hall–Kier alpha value is -1.77. The zero-order chi connectivity index (χ0) is 11.6. The third-order valence-electron chi connectivity index (χ3n) is 2.25. The molecule has 3 nitrogen and oxygen atoms in total. The number of hydrogen-bond acceptors (Lipinski definition) is 2. The lowest BCUT2D eigenvalue weighted by Gasteiger charge is -2.23. The van der Waals surface area contributed by atoms with Gasteiger partial charge in [0.25, 0.3) is 0 Å². The molecule has 1 aromatic carbocycles. The first-order valence-corrected chi connectivity index (χ1v) is 5.43. The molecule has 2 rings (SSSR count). The smallest absolute Gasteiger partial charge is 0.0566 e. The molecule has 0 radical (unpaired) electrons. The topological polar surface area (TPSA) is 40.7 Å². The molecule has 0 saturated carbocycles. The van der Waals surface area contributed by atoms with Crippen LogP contribution < -0.4 is 5.32 Å². The van der Waals surface area contributed by atoms with Crippen LogP contribution in [0.1, 0.15) is 20.8 Å². The Morgan fingerprint density at radius 3 is 2.56 bits per heavy atom. The Labute approximate surface area is 95.9 Å². The largest absolute Gasteiger partial charge is 0.380 e. The highest BCUT2D eigenvalue weighted by molar-refractivity contribution is 5.77. The number of anilines is 1. The number of nitrogens with one attached hydrogen (secondary N) is 2. The van der Waals surface area contributed by atoms with E-state index in [2.05, 4.69) is 48.4 Å². The van der Waals surface area contributed by atoms with Gasteiger partial charge in [-0.2, -0.15) is 5.10 Å². The van der Waals surface area contributed by atoms with Crippen LogP contribution in [0.4, 0.5) is 5.69 Å². The van der Waals surface area contributed by atoms with E-state index in [4.69, 9.17) is 0 Å². The fourth-order valence-electron chi connectivity index (χ4n) is 1.65. The van der Waals surface area contributed by atoms with Crippen LogP contribution in [0.3, 0.4) is 0 Å².